The van der Waals surface area contributed by atoms with Gasteiger partial charge < -0.3 is 20.5 Å². The quantitative estimate of drug-likeness (QED) is 0.663. The van der Waals surface area contributed by atoms with E-state index in [-0.39, 0.29) is 0 Å². The van der Waals surface area contributed by atoms with Crippen molar-refractivity contribution in [2.24, 2.45) is 0 Å². The van der Waals surface area contributed by atoms with Crippen LogP contribution in [0, 0.1) is 0 Å². The highest BCUT2D eigenvalue weighted by Crippen LogP contribution is 2.35. The van der Waals surface area contributed by atoms with Gasteiger partial charge in [0.25, 0.3) is 0 Å². The molecule has 0 atom stereocenters. The smallest absolute Gasteiger partial charge is 0.162 e. The zero-order chi connectivity index (χ0) is 17.8. The van der Waals surface area contributed by atoms with Crippen LogP contribution in [0.15, 0.2) is 36.7 Å². The highest BCUT2D eigenvalue weighted by Gasteiger charge is 2.12. The lowest BCUT2D eigenvalue weighted by Crippen LogP contribution is -2.01. The van der Waals surface area contributed by atoms with E-state index in [4.69, 9.17) is 15.2 Å². The minimum atomic E-state index is 0.638. The third kappa shape index (κ3) is 3.42. The Morgan fingerprint density at radius 3 is 2.52 bits per heavy atom. The fourth-order valence-corrected chi connectivity index (χ4v) is 2.82. The first-order chi connectivity index (χ1) is 12.2. The summed E-state index contributed by atoms with van der Waals surface area (Å²) < 4.78 is 10.7. The van der Waals surface area contributed by atoms with Crippen molar-refractivity contribution in [2.45, 2.75) is 19.8 Å². The second kappa shape index (κ2) is 7.25. The normalized spacial score (nSPS) is 10.7. The van der Waals surface area contributed by atoms with Gasteiger partial charge in [0.05, 0.1) is 19.7 Å². The maximum absolute atomic E-state index is 5.93. The summed E-state index contributed by atoms with van der Waals surface area (Å²) in [5.41, 5.74) is 9.62. The molecule has 1 aromatic heterocycles. The van der Waals surface area contributed by atoms with E-state index in [9.17, 15) is 0 Å². The predicted octanol–water partition coefficient (Wildman–Crippen LogP) is 3.93. The zero-order valence-electron chi connectivity index (χ0n) is 14.7. The van der Waals surface area contributed by atoms with Gasteiger partial charge in [0.2, 0.25) is 0 Å². The van der Waals surface area contributed by atoms with Crippen LogP contribution in [-0.2, 0) is 6.42 Å². The van der Waals surface area contributed by atoms with E-state index < -0.39 is 0 Å². The molecule has 2 aromatic carbocycles. The van der Waals surface area contributed by atoms with Crippen LogP contribution in [0.1, 0.15) is 18.9 Å². The molecule has 6 heteroatoms. The molecule has 0 unspecified atom stereocenters. The number of fused-ring (bicyclic) bond motifs is 1. The lowest BCUT2D eigenvalue weighted by molar-refractivity contribution is 0.356. The lowest BCUT2D eigenvalue weighted by atomic mass is 10.1. The van der Waals surface area contributed by atoms with Gasteiger partial charge >= 0.3 is 0 Å². The molecule has 0 saturated carbocycles. The number of benzene rings is 2. The number of nitrogen functional groups attached to an aromatic ring is 1. The van der Waals surface area contributed by atoms with E-state index >= 15 is 0 Å². The minimum absolute atomic E-state index is 0.638. The van der Waals surface area contributed by atoms with E-state index in [1.165, 1.54) is 6.33 Å². The van der Waals surface area contributed by atoms with Crippen molar-refractivity contribution in [3.63, 3.8) is 0 Å². The molecule has 0 aliphatic carbocycles. The van der Waals surface area contributed by atoms with Crippen molar-refractivity contribution in [1.29, 1.82) is 0 Å². The number of hydrogen-bond acceptors (Lipinski definition) is 6. The van der Waals surface area contributed by atoms with Gasteiger partial charge in [0.15, 0.2) is 11.5 Å². The molecule has 130 valence electrons. The zero-order valence-corrected chi connectivity index (χ0v) is 14.7. The summed E-state index contributed by atoms with van der Waals surface area (Å²) in [6.45, 7) is 2.14. The van der Waals surface area contributed by atoms with Crippen molar-refractivity contribution in [3.8, 4) is 11.5 Å². The Morgan fingerprint density at radius 2 is 1.80 bits per heavy atom. The van der Waals surface area contributed by atoms with Crippen LogP contribution in [0.3, 0.4) is 0 Å². The van der Waals surface area contributed by atoms with E-state index in [0.29, 0.717) is 17.3 Å². The number of rotatable bonds is 6. The molecule has 0 aliphatic heterocycles. The maximum atomic E-state index is 5.93. The molecule has 25 heavy (non-hydrogen) atoms. The summed E-state index contributed by atoms with van der Waals surface area (Å²) in [7, 11) is 3.22. The molecule has 0 fully saturated rings. The molecule has 0 saturated heterocycles. The van der Waals surface area contributed by atoms with Crippen LogP contribution < -0.4 is 20.5 Å². The fraction of sp³-hybridized carbons (Fsp3) is 0.263. The van der Waals surface area contributed by atoms with Gasteiger partial charge in [-0.15, -0.1) is 0 Å². The molecule has 1 heterocycles. The first-order valence-electron chi connectivity index (χ1n) is 8.18. The van der Waals surface area contributed by atoms with Crippen molar-refractivity contribution in [3.05, 3.63) is 42.2 Å². The Hall–Kier alpha value is -3.02. The van der Waals surface area contributed by atoms with Crippen LogP contribution in [0.5, 0.6) is 11.5 Å². The molecule has 3 N–H and O–H groups in total. The number of aromatic nitrogens is 2. The van der Waals surface area contributed by atoms with E-state index in [1.54, 1.807) is 14.2 Å². The van der Waals surface area contributed by atoms with Crippen LogP contribution >= 0.6 is 0 Å². The molecular weight excluding hydrogens is 316 g/mol. The summed E-state index contributed by atoms with van der Waals surface area (Å²) in [5.74, 6) is 1.99. The average molecular weight is 338 g/mol. The Morgan fingerprint density at radius 1 is 1.04 bits per heavy atom. The average Bonchev–Trinajstić information content (AvgIpc) is 2.63. The van der Waals surface area contributed by atoms with Crippen molar-refractivity contribution < 1.29 is 9.47 Å². The molecule has 3 aromatic rings. The summed E-state index contributed by atoms with van der Waals surface area (Å²) >= 11 is 0. The van der Waals surface area contributed by atoms with Crippen LogP contribution in [-0.4, -0.2) is 24.2 Å². The molecule has 0 aliphatic rings. The van der Waals surface area contributed by atoms with Gasteiger partial charge in [-0.1, -0.05) is 13.3 Å². The number of nitrogens with zero attached hydrogens (tertiary/aromatic N) is 2. The topological polar surface area (TPSA) is 82.3 Å². The van der Waals surface area contributed by atoms with E-state index in [0.717, 1.165) is 40.7 Å². The van der Waals surface area contributed by atoms with E-state index in [1.807, 2.05) is 30.3 Å². The van der Waals surface area contributed by atoms with Crippen LogP contribution in [0.4, 0.5) is 17.2 Å². The second-order valence-electron chi connectivity index (χ2n) is 5.74. The van der Waals surface area contributed by atoms with Crippen molar-refractivity contribution in [1.82, 2.24) is 9.97 Å². The lowest BCUT2D eigenvalue weighted by Gasteiger charge is -2.14. The molecular formula is C19H22N4O2. The minimum Gasteiger partial charge on any atom is -0.493 e. The van der Waals surface area contributed by atoms with E-state index in [2.05, 4.69) is 22.2 Å². The predicted molar refractivity (Wildman–Crippen MR) is 101 cm³/mol. The number of methoxy groups -OCH3 is 2. The highest BCUT2D eigenvalue weighted by atomic mass is 16.5. The highest BCUT2D eigenvalue weighted by molar-refractivity contribution is 5.93. The monoisotopic (exact) mass is 338 g/mol. The molecule has 3 rings (SSSR count). The Labute approximate surface area is 147 Å². The van der Waals surface area contributed by atoms with Gasteiger partial charge in [-0.05, 0) is 36.2 Å². The first kappa shape index (κ1) is 16.8. The molecule has 6 nitrogen and oxygen atoms in total. The largest absolute Gasteiger partial charge is 0.493 e. The number of anilines is 3. The Bertz CT molecular complexity index is 896. The van der Waals surface area contributed by atoms with Crippen LogP contribution in [0.2, 0.25) is 0 Å². The third-order valence-corrected chi connectivity index (χ3v) is 4.04. The Kier molecular flexibility index (Phi) is 4.88. The first-order valence-corrected chi connectivity index (χ1v) is 8.18. The summed E-state index contributed by atoms with van der Waals surface area (Å²) in [4.78, 5) is 8.74. The molecule has 0 bridgehead atoms. The maximum Gasteiger partial charge on any atom is 0.162 e. The molecule has 0 radical (unpaired) electrons. The third-order valence-electron chi connectivity index (χ3n) is 4.04. The molecule has 0 amide bonds. The number of nitrogens with one attached hydrogen (secondary N) is 1. The summed E-state index contributed by atoms with van der Waals surface area (Å²) in [6.07, 6.45) is 3.51. The van der Waals surface area contributed by atoms with Crippen molar-refractivity contribution in [2.75, 3.05) is 25.3 Å². The number of nitrogens with two attached hydrogens (primary N) is 1. The number of hydrogen-bond donors (Lipinski definition) is 2. The fourth-order valence-electron chi connectivity index (χ4n) is 2.82. The van der Waals surface area contributed by atoms with Gasteiger partial charge in [-0.3, -0.25) is 0 Å². The SMILES string of the molecule is CCCc1cc(N)ccc1Nc1ncnc2cc(OC)c(OC)cc12. The van der Waals surface area contributed by atoms with Gasteiger partial charge in [-0.25, -0.2) is 9.97 Å². The van der Waals surface area contributed by atoms with Gasteiger partial charge in [0.1, 0.15) is 12.1 Å². The standard InChI is InChI=1S/C19H22N4O2/c1-4-5-12-8-13(20)6-7-15(12)23-19-14-9-17(24-2)18(25-3)10-16(14)21-11-22-19/h6-11H,4-5,20H2,1-3H3,(H,21,22,23). The number of aryl methyl sites for hydroxylation is 1. The molecule has 0 spiro atoms. The van der Waals surface area contributed by atoms with Gasteiger partial charge in [-0.2, -0.15) is 0 Å². The summed E-state index contributed by atoms with van der Waals surface area (Å²) in [6, 6.07) is 9.59. The van der Waals surface area contributed by atoms with Crippen molar-refractivity contribution >= 4 is 28.1 Å². The second-order valence-corrected chi connectivity index (χ2v) is 5.74. The van der Waals surface area contributed by atoms with Crippen LogP contribution in [0.25, 0.3) is 10.9 Å². The summed E-state index contributed by atoms with van der Waals surface area (Å²) in [5, 5.41) is 4.27. The Balaban J connectivity index is 2.08. The van der Waals surface area contributed by atoms with Gasteiger partial charge in [0, 0.05) is 22.8 Å². The number of ether oxygens (including phenoxy) is 2.